The summed E-state index contributed by atoms with van der Waals surface area (Å²) in [5.41, 5.74) is 0. The van der Waals surface area contributed by atoms with Gasteiger partial charge in [0.25, 0.3) is 0 Å². The number of aliphatic hydroxyl groups excluding tert-OH is 1. The Morgan fingerprint density at radius 3 is 2.77 bits per heavy atom. The lowest BCUT2D eigenvalue weighted by atomic mass is 10.3. The Hall–Kier alpha value is -0.120. The van der Waals surface area contributed by atoms with Gasteiger partial charge in [-0.25, -0.2) is 0 Å². The number of hydrogen-bond acceptors (Lipinski definition) is 3. The smallest absolute Gasteiger partial charge is 0.0784 e. The first-order valence-corrected chi connectivity index (χ1v) is 5.13. The van der Waals surface area contributed by atoms with Crippen LogP contribution in [0.15, 0.2) is 0 Å². The molecule has 1 aliphatic carbocycles. The molecule has 1 saturated carbocycles. The lowest BCUT2D eigenvalue weighted by Gasteiger charge is -2.17. The van der Waals surface area contributed by atoms with Crippen LogP contribution < -0.4 is 0 Å². The van der Waals surface area contributed by atoms with Crippen molar-refractivity contribution in [2.24, 2.45) is 0 Å². The molecule has 3 heteroatoms. The van der Waals surface area contributed by atoms with Crippen molar-refractivity contribution in [2.75, 3.05) is 13.2 Å². The topological polar surface area (TPSA) is 38.7 Å². The lowest BCUT2D eigenvalue weighted by Crippen LogP contribution is -2.22. The van der Waals surface area contributed by atoms with Crippen LogP contribution in [-0.2, 0) is 9.47 Å². The maximum absolute atomic E-state index is 9.28. The fourth-order valence-electron chi connectivity index (χ4n) is 1.69. The molecule has 0 saturated heterocycles. The quantitative estimate of drug-likeness (QED) is 0.707. The van der Waals surface area contributed by atoms with Gasteiger partial charge in [0.2, 0.25) is 0 Å². The largest absolute Gasteiger partial charge is 0.393 e. The van der Waals surface area contributed by atoms with Gasteiger partial charge in [0, 0.05) is 6.61 Å². The Morgan fingerprint density at radius 2 is 2.23 bits per heavy atom. The summed E-state index contributed by atoms with van der Waals surface area (Å²) in [6, 6.07) is 0. The van der Waals surface area contributed by atoms with E-state index in [4.69, 9.17) is 9.47 Å². The second-order valence-corrected chi connectivity index (χ2v) is 3.70. The minimum Gasteiger partial charge on any atom is -0.393 e. The zero-order chi connectivity index (χ0) is 9.68. The molecule has 3 unspecified atom stereocenters. The van der Waals surface area contributed by atoms with E-state index in [1.54, 1.807) is 0 Å². The van der Waals surface area contributed by atoms with E-state index >= 15 is 0 Å². The van der Waals surface area contributed by atoms with Gasteiger partial charge in [-0.2, -0.15) is 0 Å². The van der Waals surface area contributed by atoms with Crippen LogP contribution >= 0.6 is 0 Å². The summed E-state index contributed by atoms with van der Waals surface area (Å²) in [7, 11) is 0. The number of rotatable bonds is 5. The van der Waals surface area contributed by atoms with Crippen molar-refractivity contribution in [1.82, 2.24) is 0 Å². The van der Waals surface area contributed by atoms with Gasteiger partial charge in [-0.1, -0.05) is 0 Å². The molecule has 1 fully saturated rings. The molecule has 0 aromatic carbocycles. The summed E-state index contributed by atoms with van der Waals surface area (Å²) in [5.74, 6) is 0. The summed E-state index contributed by atoms with van der Waals surface area (Å²) in [5, 5.41) is 9.28. The maximum atomic E-state index is 9.28. The second kappa shape index (κ2) is 5.58. The third-order valence-electron chi connectivity index (χ3n) is 2.34. The van der Waals surface area contributed by atoms with E-state index in [0.29, 0.717) is 6.61 Å². The van der Waals surface area contributed by atoms with Crippen LogP contribution in [0, 0.1) is 0 Å². The SMILES string of the molecule is CCOCC(C)OC1CCC(O)C1. The summed E-state index contributed by atoms with van der Waals surface area (Å²) in [6.07, 6.45) is 2.89. The molecule has 3 nitrogen and oxygen atoms in total. The van der Waals surface area contributed by atoms with Crippen LogP contribution in [0.4, 0.5) is 0 Å². The van der Waals surface area contributed by atoms with Crippen LogP contribution in [0.1, 0.15) is 33.1 Å². The van der Waals surface area contributed by atoms with Gasteiger partial charge in [0.1, 0.15) is 0 Å². The van der Waals surface area contributed by atoms with Crippen LogP contribution in [0.25, 0.3) is 0 Å². The van der Waals surface area contributed by atoms with Crippen molar-refractivity contribution in [3.63, 3.8) is 0 Å². The minimum atomic E-state index is -0.149. The molecule has 0 radical (unpaired) electrons. The van der Waals surface area contributed by atoms with E-state index in [1.807, 2.05) is 13.8 Å². The predicted octanol–water partition coefficient (Wildman–Crippen LogP) is 1.34. The fourth-order valence-corrected chi connectivity index (χ4v) is 1.69. The Labute approximate surface area is 80.0 Å². The number of hydrogen-bond donors (Lipinski definition) is 1. The van der Waals surface area contributed by atoms with Gasteiger partial charge in [-0.3, -0.25) is 0 Å². The highest BCUT2D eigenvalue weighted by Gasteiger charge is 2.24. The Balaban J connectivity index is 2.09. The van der Waals surface area contributed by atoms with Gasteiger partial charge in [0.15, 0.2) is 0 Å². The van der Waals surface area contributed by atoms with Crippen LogP contribution in [0.5, 0.6) is 0 Å². The molecule has 13 heavy (non-hydrogen) atoms. The molecular weight excluding hydrogens is 168 g/mol. The summed E-state index contributed by atoms with van der Waals surface area (Å²) in [4.78, 5) is 0. The number of aliphatic hydroxyl groups is 1. The summed E-state index contributed by atoms with van der Waals surface area (Å²) in [6.45, 7) is 5.39. The molecule has 0 aromatic heterocycles. The fraction of sp³-hybridized carbons (Fsp3) is 1.00. The van der Waals surface area contributed by atoms with Crippen molar-refractivity contribution < 1.29 is 14.6 Å². The minimum absolute atomic E-state index is 0.148. The normalized spacial score (nSPS) is 30.7. The predicted molar refractivity (Wildman–Crippen MR) is 50.7 cm³/mol. The van der Waals surface area contributed by atoms with E-state index < -0.39 is 0 Å². The molecule has 1 rings (SSSR count). The van der Waals surface area contributed by atoms with E-state index in [0.717, 1.165) is 25.9 Å². The molecular formula is C10H20O3. The molecule has 0 aromatic rings. The van der Waals surface area contributed by atoms with E-state index in [2.05, 4.69) is 0 Å². The standard InChI is InChI=1S/C10H20O3/c1-3-12-7-8(2)13-10-5-4-9(11)6-10/h8-11H,3-7H2,1-2H3. The molecule has 0 spiro atoms. The van der Waals surface area contributed by atoms with Crippen LogP contribution in [0.3, 0.4) is 0 Å². The highest BCUT2D eigenvalue weighted by molar-refractivity contribution is 4.75. The summed E-state index contributed by atoms with van der Waals surface area (Å²) >= 11 is 0. The summed E-state index contributed by atoms with van der Waals surface area (Å²) < 4.78 is 10.9. The molecule has 78 valence electrons. The van der Waals surface area contributed by atoms with Gasteiger partial charge >= 0.3 is 0 Å². The zero-order valence-corrected chi connectivity index (χ0v) is 8.53. The Bertz CT molecular complexity index is 138. The third kappa shape index (κ3) is 4.07. The number of ether oxygens (including phenoxy) is 2. The molecule has 0 heterocycles. The molecule has 0 aliphatic heterocycles. The Kier molecular flexibility index (Phi) is 4.70. The highest BCUT2D eigenvalue weighted by atomic mass is 16.5. The van der Waals surface area contributed by atoms with Crippen molar-refractivity contribution in [3.8, 4) is 0 Å². The second-order valence-electron chi connectivity index (χ2n) is 3.70. The van der Waals surface area contributed by atoms with Crippen molar-refractivity contribution >= 4 is 0 Å². The molecule has 0 bridgehead atoms. The van der Waals surface area contributed by atoms with Gasteiger partial charge in [0.05, 0.1) is 24.9 Å². The average Bonchev–Trinajstić information content (AvgIpc) is 2.48. The van der Waals surface area contributed by atoms with Gasteiger partial charge < -0.3 is 14.6 Å². The van der Waals surface area contributed by atoms with Crippen LogP contribution in [0.2, 0.25) is 0 Å². The first-order chi connectivity index (χ1) is 6.22. The zero-order valence-electron chi connectivity index (χ0n) is 8.53. The van der Waals surface area contributed by atoms with Gasteiger partial charge in [-0.05, 0) is 33.1 Å². The first kappa shape index (κ1) is 11.0. The van der Waals surface area contributed by atoms with E-state index in [9.17, 15) is 5.11 Å². The monoisotopic (exact) mass is 188 g/mol. The van der Waals surface area contributed by atoms with Crippen molar-refractivity contribution in [2.45, 2.75) is 51.4 Å². The van der Waals surface area contributed by atoms with Crippen molar-refractivity contribution in [1.29, 1.82) is 0 Å². The first-order valence-electron chi connectivity index (χ1n) is 5.13. The van der Waals surface area contributed by atoms with E-state index in [-0.39, 0.29) is 18.3 Å². The average molecular weight is 188 g/mol. The lowest BCUT2D eigenvalue weighted by molar-refractivity contribution is -0.0466. The molecule has 0 amide bonds. The van der Waals surface area contributed by atoms with Gasteiger partial charge in [-0.15, -0.1) is 0 Å². The molecule has 1 N–H and O–H groups in total. The molecule has 1 aliphatic rings. The van der Waals surface area contributed by atoms with Crippen LogP contribution in [-0.4, -0.2) is 36.6 Å². The molecule has 3 atom stereocenters. The van der Waals surface area contributed by atoms with E-state index in [1.165, 1.54) is 0 Å². The maximum Gasteiger partial charge on any atom is 0.0784 e. The van der Waals surface area contributed by atoms with Crippen molar-refractivity contribution in [3.05, 3.63) is 0 Å². The Morgan fingerprint density at radius 1 is 1.46 bits per heavy atom. The third-order valence-corrected chi connectivity index (χ3v) is 2.34. The highest BCUT2D eigenvalue weighted by Crippen LogP contribution is 2.22.